The van der Waals surface area contributed by atoms with Crippen LogP contribution in [0.2, 0.25) is 0 Å². The Morgan fingerprint density at radius 2 is 2.27 bits per heavy atom. The van der Waals surface area contributed by atoms with Crippen molar-refractivity contribution in [2.45, 2.75) is 44.1 Å². The number of hydrogen-bond donors (Lipinski definition) is 0. The lowest BCUT2D eigenvalue weighted by molar-refractivity contribution is -0.116. The lowest BCUT2D eigenvalue weighted by Gasteiger charge is -2.23. The Morgan fingerprint density at radius 3 is 3.07 bits per heavy atom. The van der Waals surface area contributed by atoms with E-state index in [1.807, 2.05) is 0 Å². The minimum absolute atomic E-state index is 0.199. The van der Waals surface area contributed by atoms with E-state index in [1.54, 1.807) is 0 Å². The first-order chi connectivity index (χ1) is 7.27. The molecule has 0 saturated heterocycles. The molecular formula is C13H14O2. The maximum atomic E-state index is 11.9. The van der Waals surface area contributed by atoms with Gasteiger partial charge in [0.2, 0.25) is 0 Å². The van der Waals surface area contributed by atoms with E-state index in [4.69, 9.17) is 11.2 Å². The molecule has 2 aliphatic carbocycles. The third-order valence-corrected chi connectivity index (χ3v) is 3.91. The zero-order valence-electron chi connectivity index (χ0n) is 8.71. The monoisotopic (exact) mass is 202 g/mol. The molecule has 0 amide bonds. The van der Waals surface area contributed by atoms with Gasteiger partial charge in [-0.05, 0) is 25.7 Å². The Morgan fingerprint density at radius 1 is 1.40 bits per heavy atom. The van der Waals surface area contributed by atoms with E-state index in [0.29, 0.717) is 6.42 Å². The van der Waals surface area contributed by atoms with Gasteiger partial charge in [-0.1, -0.05) is 5.92 Å². The number of ketones is 1. The number of carbonyl (C=O) groups is 1. The molecule has 3 rings (SSSR count). The summed E-state index contributed by atoms with van der Waals surface area (Å²) < 4.78 is 5.92. The minimum atomic E-state index is -0.454. The minimum Gasteiger partial charge on any atom is -0.478 e. The first-order valence-corrected chi connectivity index (χ1v) is 5.70. The Balaban J connectivity index is 2.05. The lowest BCUT2D eigenvalue weighted by Crippen LogP contribution is -2.30. The van der Waals surface area contributed by atoms with Gasteiger partial charge in [0, 0.05) is 24.3 Å². The zero-order chi connectivity index (χ0) is 10.5. The molecule has 2 atom stereocenters. The van der Waals surface area contributed by atoms with E-state index >= 15 is 0 Å². The summed E-state index contributed by atoms with van der Waals surface area (Å²) in [6.45, 7) is 0. The van der Waals surface area contributed by atoms with Crippen LogP contribution in [0.1, 0.15) is 38.5 Å². The van der Waals surface area contributed by atoms with Gasteiger partial charge in [0.1, 0.15) is 5.76 Å². The number of hydrogen-bond acceptors (Lipinski definition) is 2. The Hall–Kier alpha value is -1.23. The van der Waals surface area contributed by atoms with Crippen molar-refractivity contribution in [3.8, 4) is 12.3 Å². The average Bonchev–Trinajstić information content (AvgIpc) is 2.73. The number of fused-ring (bicyclic) bond motifs is 2. The van der Waals surface area contributed by atoms with Gasteiger partial charge in [0.05, 0.1) is 0 Å². The van der Waals surface area contributed by atoms with Crippen molar-refractivity contribution in [3.63, 3.8) is 0 Å². The molecular weight excluding hydrogens is 188 g/mol. The zero-order valence-corrected chi connectivity index (χ0v) is 8.71. The molecule has 2 nitrogen and oxygen atoms in total. The van der Waals surface area contributed by atoms with E-state index in [2.05, 4.69) is 5.92 Å². The summed E-state index contributed by atoms with van der Waals surface area (Å²) in [5.41, 5.74) is 0.488. The molecule has 0 N–H and O–H groups in total. The molecule has 0 spiro atoms. The van der Waals surface area contributed by atoms with Crippen LogP contribution in [0.4, 0.5) is 0 Å². The molecule has 1 fully saturated rings. The lowest BCUT2D eigenvalue weighted by atomic mass is 9.82. The standard InChI is InChI=1S/C13H14O2/c1-2-13-8-4-5-9(13)12-10(14)6-3-7-11(12)15-13/h1,9H,3-8H2/t9-,13-/m1/s1. The van der Waals surface area contributed by atoms with Gasteiger partial charge >= 0.3 is 0 Å². The number of rotatable bonds is 0. The first kappa shape index (κ1) is 9.03. The number of allylic oxidation sites excluding steroid dienone is 1. The second-order valence-corrected chi connectivity index (χ2v) is 4.69. The van der Waals surface area contributed by atoms with E-state index in [0.717, 1.165) is 43.4 Å². The van der Waals surface area contributed by atoms with Crippen molar-refractivity contribution in [1.82, 2.24) is 0 Å². The highest BCUT2D eigenvalue weighted by atomic mass is 16.5. The average molecular weight is 202 g/mol. The highest BCUT2D eigenvalue weighted by molar-refractivity contribution is 5.98. The molecule has 1 saturated carbocycles. The Bertz CT molecular complexity index is 399. The molecule has 15 heavy (non-hydrogen) atoms. The van der Waals surface area contributed by atoms with E-state index in [9.17, 15) is 4.79 Å². The predicted octanol–water partition coefficient (Wildman–Crippen LogP) is 2.20. The van der Waals surface area contributed by atoms with E-state index < -0.39 is 5.60 Å². The number of terminal acetylenes is 1. The fraction of sp³-hybridized carbons (Fsp3) is 0.615. The molecule has 1 heterocycles. The summed E-state index contributed by atoms with van der Waals surface area (Å²) in [4.78, 5) is 11.9. The van der Waals surface area contributed by atoms with Crippen LogP contribution in [0.15, 0.2) is 11.3 Å². The highest BCUT2D eigenvalue weighted by Crippen LogP contribution is 2.52. The van der Waals surface area contributed by atoms with Crippen LogP contribution in [0.3, 0.4) is 0 Å². The van der Waals surface area contributed by atoms with Gasteiger partial charge in [-0.2, -0.15) is 0 Å². The highest BCUT2D eigenvalue weighted by Gasteiger charge is 2.53. The molecule has 0 aromatic heterocycles. The van der Waals surface area contributed by atoms with Crippen LogP contribution in [0, 0.1) is 18.3 Å². The van der Waals surface area contributed by atoms with Crippen molar-refractivity contribution in [1.29, 1.82) is 0 Å². The summed E-state index contributed by atoms with van der Waals surface area (Å²) in [5, 5.41) is 0. The van der Waals surface area contributed by atoms with Crippen LogP contribution < -0.4 is 0 Å². The third kappa shape index (κ3) is 1.04. The first-order valence-electron chi connectivity index (χ1n) is 5.70. The maximum absolute atomic E-state index is 11.9. The Kier molecular flexibility index (Phi) is 1.74. The topological polar surface area (TPSA) is 26.3 Å². The molecule has 3 aliphatic rings. The second-order valence-electron chi connectivity index (χ2n) is 4.69. The number of ether oxygens (including phenoxy) is 1. The number of carbonyl (C=O) groups excluding carboxylic acids is 1. The molecule has 0 aromatic carbocycles. The van der Waals surface area contributed by atoms with Crippen molar-refractivity contribution < 1.29 is 9.53 Å². The van der Waals surface area contributed by atoms with Gasteiger partial charge in [0.25, 0.3) is 0 Å². The second kappa shape index (κ2) is 2.88. The van der Waals surface area contributed by atoms with Crippen LogP contribution in [-0.2, 0) is 9.53 Å². The molecule has 0 unspecified atom stereocenters. The fourth-order valence-electron chi connectivity index (χ4n) is 3.23. The van der Waals surface area contributed by atoms with Crippen molar-refractivity contribution in [2.24, 2.45) is 5.92 Å². The predicted molar refractivity (Wildman–Crippen MR) is 55.9 cm³/mol. The van der Waals surface area contributed by atoms with Gasteiger partial charge in [-0.15, -0.1) is 6.42 Å². The van der Waals surface area contributed by atoms with Crippen molar-refractivity contribution >= 4 is 5.78 Å². The normalized spacial score (nSPS) is 38.3. The smallest absolute Gasteiger partial charge is 0.175 e. The fourth-order valence-corrected chi connectivity index (χ4v) is 3.23. The van der Waals surface area contributed by atoms with Gasteiger partial charge in [-0.3, -0.25) is 4.79 Å². The molecule has 78 valence electrons. The summed E-state index contributed by atoms with van der Waals surface area (Å²) in [6, 6.07) is 0. The van der Waals surface area contributed by atoms with Crippen LogP contribution in [0.5, 0.6) is 0 Å². The number of Topliss-reactive ketones (excluding diaryl/α,β-unsaturated/α-hetero) is 1. The molecule has 1 aliphatic heterocycles. The summed E-state index contributed by atoms with van der Waals surface area (Å²) in [7, 11) is 0. The van der Waals surface area contributed by atoms with Crippen molar-refractivity contribution in [3.05, 3.63) is 11.3 Å². The van der Waals surface area contributed by atoms with E-state index in [1.165, 1.54) is 0 Å². The Labute approximate surface area is 89.7 Å². The van der Waals surface area contributed by atoms with E-state index in [-0.39, 0.29) is 11.7 Å². The molecule has 2 heteroatoms. The molecule has 0 radical (unpaired) electrons. The summed E-state index contributed by atoms with van der Waals surface area (Å²) in [6.07, 6.45) is 11.1. The summed E-state index contributed by atoms with van der Waals surface area (Å²) >= 11 is 0. The maximum Gasteiger partial charge on any atom is 0.175 e. The van der Waals surface area contributed by atoms with Gasteiger partial charge < -0.3 is 4.74 Å². The largest absolute Gasteiger partial charge is 0.478 e. The third-order valence-electron chi connectivity index (χ3n) is 3.91. The van der Waals surface area contributed by atoms with Gasteiger partial charge in [0.15, 0.2) is 11.4 Å². The van der Waals surface area contributed by atoms with Crippen LogP contribution in [-0.4, -0.2) is 11.4 Å². The molecule has 0 bridgehead atoms. The van der Waals surface area contributed by atoms with Gasteiger partial charge in [-0.25, -0.2) is 0 Å². The van der Waals surface area contributed by atoms with Crippen LogP contribution in [0.25, 0.3) is 0 Å². The summed E-state index contributed by atoms with van der Waals surface area (Å²) in [5.74, 6) is 4.19. The SMILES string of the molecule is C#C[C@@]12CCC[C@@H]1C1=C(CCCC1=O)O2. The molecule has 0 aromatic rings. The quantitative estimate of drug-likeness (QED) is 0.563. The van der Waals surface area contributed by atoms with Crippen LogP contribution >= 0.6 is 0 Å². The van der Waals surface area contributed by atoms with Crippen molar-refractivity contribution in [2.75, 3.05) is 0 Å².